The van der Waals surface area contributed by atoms with Crippen molar-refractivity contribution < 1.29 is 0 Å². The summed E-state index contributed by atoms with van der Waals surface area (Å²) in [7, 11) is 0. The second-order valence-corrected chi connectivity index (χ2v) is 5.23. The summed E-state index contributed by atoms with van der Waals surface area (Å²) >= 11 is 0. The number of hydrogen-bond donors (Lipinski definition) is 1. The van der Waals surface area contributed by atoms with E-state index in [1.165, 1.54) is 16.8 Å². The number of benzene rings is 1. The topological polar surface area (TPSA) is 55.0 Å². The van der Waals surface area contributed by atoms with Crippen LogP contribution in [0.3, 0.4) is 0 Å². The first-order chi connectivity index (χ1) is 9.86. The summed E-state index contributed by atoms with van der Waals surface area (Å²) in [5, 5.41) is 0. The van der Waals surface area contributed by atoms with E-state index >= 15 is 0 Å². The third-order valence-electron chi connectivity index (χ3n) is 3.81. The molecule has 3 rings (SSSR count). The Morgan fingerprint density at radius 3 is 2.80 bits per heavy atom. The number of rotatable bonds is 4. The zero-order valence-electron chi connectivity index (χ0n) is 11.6. The van der Waals surface area contributed by atoms with Crippen LogP contribution in [-0.4, -0.2) is 28.0 Å². The van der Waals surface area contributed by atoms with Crippen molar-refractivity contribution in [3.63, 3.8) is 0 Å². The van der Waals surface area contributed by atoms with E-state index in [4.69, 9.17) is 5.73 Å². The normalized spacial score (nSPS) is 15.1. The highest BCUT2D eigenvalue weighted by atomic mass is 15.1. The Labute approximate surface area is 119 Å². The van der Waals surface area contributed by atoms with E-state index in [0.717, 1.165) is 38.2 Å². The summed E-state index contributed by atoms with van der Waals surface area (Å²) in [4.78, 5) is 11.3. The number of nitrogens with two attached hydrogens (primary N) is 1. The van der Waals surface area contributed by atoms with Gasteiger partial charge in [0.15, 0.2) is 0 Å². The minimum absolute atomic E-state index is 0.650. The molecule has 2 heterocycles. The third kappa shape index (κ3) is 2.86. The van der Waals surface area contributed by atoms with Crippen molar-refractivity contribution in [3.8, 4) is 0 Å². The molecule has 4 nitrogen and oxygen atoms in total. The molecule has 0 saturated carbocycles. The van der Waals surface area contributed by atoms with E-state index in [2.05, 4.69) is 45.2 Å². The first kappa shape index (κ1) is 13.2. The van der Waals surface area contributed by atoms with Gasteiger partial charge in [0.1, 0.15) is 6.33 Å². The summed E-state index contributed by atoms with van der Waals surface area (Å²) in [5.41, 5.74) is 10.6. The van der Waals surface area contributed by atoms with Crippen molar-refractivity contribution in [2.75, 3.05) is 13.1 Å². The Balaban J connectivity index is 1.74. The molecule has 0 atom stereocenters. The van der Waals surface area contributed by atoms with Gasteiger partial charge < -0.3 is 5.73 Å². The number of nitrogens with zero attached hydrogens (tertiary/aromatic N) is 3. The first-order valence-corrected chi connectivity index (χ1v) is 7.15. The molecule has 2 N–H and O–H groups in total. The fourth-order valence-electron chi connectivity index (χ4n) is 2.80. The fraction of sp³-hybridized carbons (Fsp3) is 0.375. The Morgan fingerprint density at radius 1 is 1.15 bits per heavy atom. The molecule has 0 radical (unpaired) electrons. The predicted molar refractivity (Wildman–Crippen MR) is 79.1 cm³/mol. The molecule has 0 fully saturated rings. The molecular weight excluding hydrogens is 248 g/mol. The zero-order valence-corrected chi connectivity index (χ0v) is 11.6. The molecule has 1 aliphatic rings. The van der Waals surface area contributed by atoms with E-state index in [1.54, 1.807) is 6.33 Å². The van der Waals surface area contributed by atoms with Crippen LogP contribution in [0.1, 0.15) is 22.5 Å². The summed E-state index contributed by atoms with van der Waals surface area (Å²) in [5.74, 6) is 0. The molecule has 2 aromatic rings. The smallest absolute Gasteiger partial charge is 0.116 e. The van der Waals surface area contributed by atoms with Gasteiger partial charge in [-0.1, -0.05) is 30.3 Å². The van der Waals surface area contributed by atoms with Crippen molar-refractivity contribution >= 4 is 0 Å². The van der Waals surface area contributed by atoms with Crippen LogP contribution in [0.4, 0.5) is 0 Å². The monoisotopic (exact) mass is 268 g/mol. The summed E-state index contributed by atoms with van der Waals surface area (Å²) in [6, 6.07) is 10.6. The maximum absolute atomic E-state index is 5.65. The van der Waals surface area contributed by atoms with Gasteiger partial charge in [-0.25, -0.2) is 9.97 Å². The van der Waals surface area contributed by atoms with Gasteiger partial charge in [-0.15, -0.1) is 0 Å². The van der Waals surface area contributed by atoms with Crippen LogP contribution >= 0.6 is 0 Å². The fourth-order valence-corrected chi connectivity index (χ4v) is 2.80. The summed E-state index contributed by atoms with van der Waals surface area (Å²) < 4.78 is 0. The van der Waals surface area contributed by atoms with Crippen molar-refractivity contribution in [2.45, 2.75) is 25.9 Å². The van der Waals surface area contributed by atoms with Crippen molar-refractivity contribution in [2.24, 2.45) is 5.73 Å². The molecule has 1 aromatic heterocycles. The lowest BCUT2D eigenvalue weighted by molar-refractivity contribution is 0.240. The third-order valence-corrected chi connectivity index (χ3v) is 3.81. The first-order valence-electron chi connectivity index (χ1n) is 7.15. The molecule has 104 valence electrons. The standard InChI is InChI=1S/C16H20N4/c17-8-6-15-14-7-9-20(11-16(14)19-12-18-15)10-13-4-2-1-3-5-13/h1-5,12H,6-11,17H2. The molecule has 20 heavy (non-hydrogen) atoms. The quantitative estimate of drug-likeness (QED) is 0.914. The Hall–Kier alpha value is -1.78. The van der Waals surface area contributed by atoms with E-state index in [0.29, 0.717) is 6.54 Å². The molecule has 0 aliphatic carbocycles. The molecular formula is C16H20N4. The molecule has 0 unspecified atom stereocenters. The second kappa shape index (κ2) is 6.11. The van der Waals surface area contributed by atoms with Gasteiger partial charge >= 0.3 is 0 Å². The van der Waals surface area contributed by atoms with Crippen LogP contribution in [0.25, 0.3) is 0 Å². The lowest BCUT2D eigenvalue weighted by Crippen LogP contribution is -2.32. The predicted octanol–water partition coefficient (Wildman–Crippen LogP) is 1.54. The van der Waals surface area contributed by atoms with Gasteiger partial charge in [0.2, 0.25) is 0 Å². The van der Waals surface area contributed by atoms with Crippen molar-refractivity contribution in [1.29, 1.82) is 0 Å². The average Bonchev–Trinajstić information content (AvgIpc) is 2.49. The lowest BCUT2D eigenvalue weighted by atomic mass is 10.0. The van der Waals surface area contributed by atoms with E-state index in [9.17, 15) is 0 Å². The van der Waals surface area contributed by atoms with Crippen molar-refractivity contribution in [1.82, 2.24) is 14.9 Å². The zero-order chi connectivity index (χ0) is 13.8. The molecule has 1 aliphatic heterocycles. The second-order valence-electron chi connectivity index (χ2n) is 5.23. The van der Waals surface area contributed by atoms with Crippen LogP contribution in [0.15, 0.2) is 36.7 Å². The minimum atomic E-state index is 0.650. The van der Waals surface area contributed by atoms with Gasteiger partial charge in [0, 0.05) is 31.7 Å². The Kier molecular flexibility index (Phi) is 4.04. The van der Waals surface area contributed by atoms with E-state index < -0.39 is 0 Å². The summed E-state index contributed by atoms with van der Waals surface area (Å²) in [6.45, 7) is 3.60. The van der Waals surface area contributed by atoms with Crippen LogP contribution in [0.5, 0.6) is 0 Å². The largest absolute Gasteiger partial charge is 0.330 e. The highest BCUT2D eigenvalue weighted by Gasteiger charge is 2.20. The van der Waals surface area contributed by atoms with Gasteiger partial charge in [-0.2, -0.15) is 0 Å². The molecule has 4 heteroatoms. The number of hydrogen-bond acceptors (Lipinski definition) is 4. The van der Waals surface area contributed by atoms with E-state index in [1.807, 2.05) is 0 Å². The maximum Gasteiger partial charge on any atom is 0.116 e. The van der Waals surface area contributed by atoms with Crippen LogP contribution < -0.4 is 5.73 Å². The highest BCUT2D eigenvalue weighted by molar-refractivity contribution is 5.27. The van der Waals surface area contributed by atoms with Gasteiger partial charge in [0.25, 0.3) is 0 Å². The molecule has 1 aromatic carbocycles. The Morgan fingerprint density at radius 2 is 2.00 bits per heavy atom. The maximum atomic E-state index is 5.65. The number of aromatic nitrogens is 2. The SMILES string of the molecule is NCCc1ncnc2c1CCN(Cc1ccccc1)C2. The van der Waals surface area contributed by atoms with Crippen LogP contribution in [0.2, 0.25) is 0 Å². The highest BCUT2D eigenvalue weighted by Crippen LogP contribution is 2.20. The Bertz CT molecular complexity index is 568. The van der Waals surface area contributed by atoms with Crippen LogP contribution in [-0.2, 0) is 25.9 Å². The van der Waals surface area contributed by atoms with Gasteiger partial charge in [-0.3, -0.25) is 4.90 Å². The molecule has 0 amide bonds. The van der Waals surface area contributed by atoms with Gasteiger partial charge in [0.05, 0.1) is 5.69 Å². The van der Waals surface area contributed by atoms with E-state index in [-0.39, 0.29) is 0 Å². The molecule has 0 spiro atoms. The number of fused-ring (bicyclic) bond motifs is 1. The van der Waals surface area contributed by atoms with Crippen LogP contribution in [0, 0.1) is 0 Å². The van der Waals surface area contributed by atoms with Gasteiger partial charge in [-0.05, 0) is 24.1 Å². The molecule has 0 saturated heterocycles. The minimum Gasteiger partial charge on any atom is -0.330 e. The molecule has 0 bridgehead atoms. The average molecular weight is 268 g/mol. The summed E-state index contributed by atoms with van der Waals surface area (Å²) in [6.07, 6.45) is 3.55. The van der Waals surface area contributed by atoms with Crippen molar-refractivity contribution in [3.05, 3.63) is 59.2 Å². The lowest BCUT2D eigenvalue weighted by Gasteiger charge is -2.28.